The van der Waals surface area contributed by atoms with Crippen LogP contribution in [0.25, 0.3) is 0 Å². The van der Waals surface area contributed by atoms with Crippen LogP contribution < -0.4 is 4.74 Å². The summed E-state index contributed by atoms with van der Waals surface area (Å²) < 4.78 is 5.74. The van der Waals surface area contributed by atoms with E-state index in [0.717, 1.165) is 25.9 Å². The summed E-state index contributed by atoms with van der Waals surface area (Å²) in [6.45, 7) is 6.45. The highest BCUT2D eigenvalue weighted by molar-refractivity contribution is 6.42. The minimum atomic E-state index is -0.656. The van der Waals surface area contributed by atoms with Gasteiger partial charge in [-0.2, -0.15) is 0 Å². The molecule has 3 rings (SSSR count). The Balaban J connectivity index is 1.46. The Kier molecular flexibility index (Phi) is 8.04. The highest BCUT2D eigenvalue weighted by Gasteiger charge is 2.28. The maximum atomic E-state index is 12.7. The fraction of sp³-hybridized carbons (Fsp3) is 0.619. The van der Waals surface area contributed by atoms with Gasteiger partial charge in [0.1, 0.15) is 10.8 Å². The van der Waals surface area contributed by atoms with E-state index in [1.54, 1.807) is 30.0 Å². The Hall–Kier alpha value is -1.50. The molecule has 1 aromatic carbocycles. The molecule has 2 heterocycles. The molecule has 29 heavy (non-hydrogen) atoms. The molecule has 2 saturated heterocycles. The zero-order valence-corrected chi connectivity index (χ0v) is 18.4. The maximum absolute atomic E-state index is 12.7. The molecule has 2 amide bonds. The fourth-order valence-electron chi connectivity index (χ4n) is 3.81. The first-order valence-corrected chi connectivity index (χ1v) is 11.1. The van der Waals surface area contributed by atoms with Crippen LogP contribution in [-0.2, 0) is 9.59 Å². The van der Waals surface area contributed by atoms with Gasteiger partial charge in [0.25, 0.3) is 5.91 Å². The van der Waals surface area contributed by atoms with Crippen molar-refractivity contribution in [3.8, 4) is 5.75 Å². The third kappa shape index (κ3) is 6.00. The van der Waals surface area contributed by atoms with E-state index in [1.807, 2.05) is 4.90 Å². The van der Waals surface area contributed by atoms with E-state index in [4.69, 9.17) is 27.9 Å². The summed E-state index contributed by atoms with van der Waals surface area (Å²) in [6.07, 6.45) is 3.97. The van der Waals surface area contributed by atoms with Crippen LogP contribution in [0, 0.1) is 0 Å². The molecule has 0 radical (unpaired) electrons. The largest absolute Gasteiger partial charge is 0.479 e. The van der Waals surface area contributed by atoms with Crippen molar-refractivity contribution in [3.63, 3.8) is 0 Å². The second-order valence-corrected chi connectivity index (χ2v) is 8.49. The van der Waals surface area contributed by atoms with E-state index in [9.17, 15) is 9.59 Å². The average Bonchev–Trinajstić information content (AvgIpc) is 3.01. The van der Waals surface area contributed by atoms with E-state index >= 15 is 0 Å². The average molecular weight is 442 g/mol. The molecule has 160 valence electrons. The van der Waals surface area contributed by atoms with Crippen molar-refractivity contribution < 1.29 is 14.3 Å². The Morgan fingerprint density at radius 1 is 0.966 bits per heavy atom. The van der Waals surface area contributed by atoms with Crippen LogP contribution in [0.15, 0.2) is 18.2 Å². The number of nitrogens with zero attached hydrogens (tertiary/aromatic N) is 3. The van der Waals surface area contributed by atoms with Crippen LogP contribution in [0.3, 0.4) is 0 Å². The molecule has 8 heteroatoms. The van der Waals surface area contributed by atoms with Crippen molar-refractivity contribution in [3.05, 3.63) is 28.2 Å². The molecule has 0 saturated carbocycles. The predicted octanol–water partition coefficient (Wildman–Crippen LogP) is 3.31. The molecule has 0 N–H and O–H groups in total. The first kappa shape index (κ1) is 22.2. The van der Waals surface area contributed by atoms with Gasteiger partial charge in [0, 0.05) is 39.3 Å². The van der Waals surface area contributed by atoms with E-state index in [0.29, 0.717) is 48.5 Å². The number of likely N-dealkylation sites (tertiary alicyclic amines) is 1. The lowest BCUT2D eigenvalue weighted by Gasteiger charge is -2.36. The van der Waals surface area contributed by atoms with Gasteiger partial charge in [0.2, 0.25) is 5.91 Å². The molecule has 2 fully saturated rings. The summed E-state index contributed by atoms with van der Waals surface area (Å²) in [5, 5.41) is 0.706. The number of halogens is 2. The number of amides is 2. The van der Waals surface area contributed by atoms with Crippen molar-refractivity contribution in [1.29, 1.82) is 0 Å². The monoisotopic (exact) mass is 441 g/mol. The Morgan fingerprint density at radius 2 is 1.62 bits per heavy atom. The van der Waals surface area contributed by atoms with Crippen molar-refractivity contribution in [2.45, 2.75) is 38.7 Å². The zero-order chi connectivity index (χ0) is 20.8. The highest BCUT2D eigenvalue weighted by Crippen LogP contribution is 2.32. The van der Waals surface area contributed by atoms with Gasteiger partial charge in [0.05, 0.1) is 11.6 Å². The number of piperazine rings is 1. The van der Waals surface area contributed by atoms with Gasteiger partial charge >= 0.3 is 0 Å². The van der Waals surface area contributed by atoms with Gasteiger partial charge in [-0.1, -0.05) is 42.1 Å². The maximum Gasteiger partial charge on any atom is 0.263 e. The number of rotatable bonds is 5. The zero-order valence-electron chi connectivity index (χ0n) is 16.9. The van der Waals surface area contributed by atoms with E-state index < -0.39 is 6.10 Å². The second-order valence-electron chi connectivity index (χ2n) is 7.71. The Morgan fingerprint density at radius 3 is 2.28 bits per heavy atom. The number of hydrogen-bond acceptors (Lipinski definition) is 4. The van der Waals surface area contributed by atoms with Gasteiger partial charge in [-0.05, 0) is 31.9 Å². The van der Waals surface area contributed by atoms with Crippen LogP contribution in [0.2, 0.25) is 10.0 Å². The van der Waals surface area contributed by atoms with Crippen LogP contribution in [0.1, 0.15) is 32.6 Å². The quantitative estimate of drug-likeness (QED) is 0.702. The number of carbonyl (C=O) groups is 2. The van der Waals surface area contributed by atoms with Crippen LogP contribution >= 0.6 is 23.2 Å². The molecule has 2 aliphatic heterocycles. The Bertz CT molecular complexity index is 715. The number of carbonyl (C=O) groups excluding carboxylic acids is 2. The summed E-state index contributed by atoms with van der Waals surface area (Å²) in [4.78, 5) is 31.2. The summed E-state index contributed by atoms with van der Waals surface area (Å²) in [5.41, 5.74) is 0. The number of ether oxygens (including phenoxy) is 1. The molecular formula is C21H29Cl2N3O3. The lowest BCUT2D eigenvalue weighted by Crippen LogP contribution is -2.53. The molecule has 0 bridgehead atoms. The van der Waals surface area contributed by atoms with Gasteiger partial charge in [-0.15, -0.1) is 0 Å². The normalized spacial score (nSPS) is 19.6. The van der Waals surface area contributed by atoms with Gasteiger partial charge < -0.3 is 14.5 Å². The van der Waals surface area contributed by atoms with Crippen molar-refractivity contribution >= 4 is 35.0 Å². The number of benzene rings is 1. The van der Waals surface area contributed by atoms with Gasteiger partial charge in [-0.3, -0.25) is 14.5 Å². The van der Waals surface area contributed by atoms with E-state index in [2.05, 4.69) is 4.90 Å². The SMILES string of the molecule is CC(Oc1cccc(Cl)c1Cl)C(=O)N1CCN(CC(=O)N2CCCCCC2)CC1. The predicted molar refractivity (Wildman–Crippen MR) is 115 cm³/mol. The molecule has 1 aromatic rings. The molecule has 0 spiro atoms. The summed E-state index contributed by atoms with van der Waals surface area (Å²) in [6, 6.07) is 5.11. The molecule has 1 atom stereocenters. The molecule has 1 unspecified atom stereocenters. The summed E-state index contributed by atoms with van der Waals surface area (Å²) in [7, 11) is 0. The van der Waals surface area contributed by atoms with Gasteiger partial charge in [0.15, 0.2) is 6.10 Å². The first-order valence-electron chi connectivity index (χ1n) is 10.4. The Labute approximate surface area is 182 Å². The minimum absolute atomic E-state index is 0.0838. The summed E-state index contributed by atoms with van der Waals surface area (Å²) in [5.74, 6) is 0.528. The third-order valence-corrected chi connectivity index (χ3v) is 6.37. The lowest BCUT2D eigenvalue weighted by atomic mass is 10.2. The third-order valence-electron chi connectivity index (χ3n) is 5.57. The first-order chi connectivity index (χ1) is 14.0. The fourth-order valence-corrected chi connectivity index (χ4v) is 4.15. The lowest BCUT2D eigenvalue weighted by molar-refractivity contribution is -0.140. The van der Waals surface area contributed by atoms with Crippen molar-refractivity contribution in [2.75, 3.05) is 45.8 Å². The smallest absolute Gasteiger partial charge is 0.263 e. The van der Waals surface area contributed by atoms with Gasteiger partial charge in [-0.25, -0.2) is 0 Å². The second kappa shape index (κ2) is 10.5. The van der Waals surface area contributed by atoms with Crippen molar-refractivity contribution in [1.82, 2.24) is 14.7 Å². The topological polar surface area (TPSA) is 53.1 Å². The van der Waals surface area contributed by atoms with Crippen LogP contribution in [0.5, 0.6) is 5.75 Å². The van der Waals surface area contributed by atoms with Crippen LogP contribution in [0.4, 0.5) is 0 Å². The van der Waals surface area contributed by atoms with E-state index in [-0.39, 0.29) is 11.8 Å². The summed E-state index contributed by atoms with van der Waals surface area (Å²) >= 11 is 12.1. The minimum Gasteiger partial charge on any atom is -0.479 e. The van der Waals surface area contributed by atoms with Crippen LogP contribution in [-0.4, -0.2) is 78.4 Å². The highest BCUT2D eigenvalue weighted by atomic mass is 35.5. The molecule has 6 nitrogen and oxygen atoms in total. The molecule has 0 aromatic heterocycles. The molecule has 0 aliphatic carbocycles. The van der Waals surface area contributed by atoms with E-state index in [1.165, 1.54) is 12.8 Å². The van der Waals surface area contributed by atoms with Crippen molar-refractivity contribution in [2.24, 2.45) is 0 Å². The molecule has 2 aliphatic rings. The number of hydrogen-bond donors (Lipinski definition) is 0. The standard InChI is InChI=1S/C21H29Cl2N3O3/c1-16(29-18-8-6-7-17(22)20(18)23)21(28)26-13-11-24(12-14-26)15-19(27)25-9-4-2-3-5-10-25/h6-8,16H,2-5,9-15H2,1H3. The molecular weight excluding hydrogens is 413 g/mol.